The zero-order valence-corrected chi connectivity index (χ0v) is 15.7. The molecule has 1 fully saturated rings. The molecule has 0 aromatic heterocycles. The summed E-state index contributed by atoms with van der Waals surface area (Å²) >= 11 is 0. The predicted molar refractivity (Wildman–Crippen MR) is 96.7 cm³/mol. The molecule has 0 aliphatic carbocycles. The lowest BCUT2D eigenvalue weighted by molar-refractivity contribution is -0.158. The SMILES string of the molecule is CCCCCCCC[C@@H](NC1CCCNC1)C(=O)OC(C)(C)C. The molecule has 0 radical (unpaired) electrons. The van der Waals surface area contributed by atoms with Crippen molar-refractivity contribution in [3.05, 3.63) is 0 Å². The minimum Gasteiger partial charge on any atom is -0.459 e. The van der Waals surface area contributed by atoms with E-state index in [0.29, 0.717) is 6.04 Å². The highest BCUT2D eigenvalue weighted by Gasteiger charge is 2.27. The molecule has 2 atom stereocenters. The highest BCUT2D eigenvalue weighted by molar-refractivity contribution is 5.76. The molecule has 4 nitrogen and oxygen atoms in total. The highest BCUT2D eigenvalue weighted by atomic mass is 16.6. The van der Waals surface area contributed by atoms with Gasteiger partial charge in [0.2, 0.25) is 0 Å². The average Bonchev–Trinajstić information content (AvgIpc) is 2.49. The van der Waals surface area contributed by atoms with Gasteiger partial charge in [-0.05, 0) is 46.6 Å². The third kappa shape index (κ3) is 9.98. The Hall–Kier alpha value is -0.610. The van der Waals surface area contributed by atoms with Crippen LogP contribution in [-0.4, -0.2) is 36.7 Å². The number of carbonyl (C=O) groups is 1. The van der Waals surface area contributed by atoms with Crippen molar-refractivity contribution in [1.29, 1.82) is 0 Å². The predicted octanol–water partition coefficient (Wildman–Crippen LogP) is 3.79. The molecule has 1 rings (SSSR count). The van der Waals surface area contributed by atoms with Gasteiger partial charge in [0.05, 0.1) is 0 Å². The number of ether oxygens (including phenoxy) is 1. The Bertz CT molecular complexity index is 320. The number of unbranched alkanes of at least 4 members (excludes halogenated alkanes) is 5. The van der Waals surface area contributed by atoms with E-state index in [1.54, 1.807) is 0 Å². The van der Waals surface area contributed by atoms with Crippen molar-refractivity contribution < 1.29 is 9.53 Å². The van der Waals surface area contributed by atoms with Crippen LogP contribution in [0.2, 0.25) is 0 Å². The summed E-state index contributed by atoms with van der Waals surface area (Å²) in [5.74, 6) is -0.0865. The minimum absolute atomic E-state index is 0.0865. The third-order valence-corrected chi connectivity index (χ3v) is 4.27. The second kappa shape index (κ2) is 11.0. The largest absolute Gasteiger partial charge is 0.459 e. The molecule has 0 amide bonds. The van der Waals surface area contributed by atoms with Gasteiger partial charge < -0.3 is 15.4 Å². The fourth-order valence-corrected chi connectivity index (χ4v) is 3.05. The molecular weight excluding hydrogens is 288 g/mol. The molecule has 1 aliphatic rings. The van der Waals surface area contributed by atoms with Crippen LogP contribution in [0.25, 0.3) is 0 Å². The summed E-state index contributed by atoms with van der Waals surface area (Å²) in [7, 11) is 0. The van der Waals surface area contributed by atoms with Gasteiger partial charge in [0.1, 0.15) is 11.6 Å². The lowest BCUT2D eigenvalue weighted by atomic mass is 10.0. The molecule has 0 spiro atoms. The van der Waals surface area contributed by atoms with Crippen LogP contribution in [0.4, 0.5) is 0 Å². The van der Waals surface area contributed by atoms with Gasteiger partial charge in [-0.1, -0.05) is 45.4 Å². The molecular formula is C19H38N2O2. The van der Waals surface area contributed by atoms with Gasteiger partial charge in [0, 0.05) is 12.6 Å². The molecule has 1 unspecified atom stereocenters. The Morgan fingerprint density at radius 2 is 1.91 bits per heavy atom. The molecule has 0 aromatic rings. The zero-order chi connectivity index (χ0) is 17.1. The maximum Gasteiger partial charge on any atom is 0.323 e. The van der Waals surface area contributed by atoms with E-state index in [-0.39, 0.29) is 12.0 Å². The summed E-state index contributed by atoms with van der Waals surface area (Å²) in [6.07, 6.45) is 10.7. The fraction of sp³-hybridized carbons (Fsp3) is 0.947. The first kappa shape index (κ1) is 20.4. The van der Waals surface area contributed by atoms with Crippen LogP contribution in [0, 0.1) is 0 Å². The van der Waals surface area contributed by atoms with Crippen molar-refractivity contribution in [3.63, 3.8) is 0 Å². The zero-order valence-electron chi connectivity index (χ0n) is 15.7. The van der Waals surface area contributed by atoms with Crippen LogP contribution in [0.15, 0.2) is 0 Å². The molecule has 1 saturated heterocycles. The van der Waals surface area contributed by atoms with Gasteiger partial charge in [-0.2, -0.15) is 0 Å². The van der Waals surface area contributed by atoms with Crippen LogP contribution < -0.4 is 10.6 Å². The van der Waals surface area contributed by atoms with Crippen LogP contribution in [-0.2, 0) is 9.53 Å². The van der Waals surface area contributed by atoms with E-state index in [2.05, 4.69) is 17.6 Å². The number of nitrogens with one attached hydrogen (secondary N) is 2. The van der Waals surface area contributed by atoms with E-state index in [1.165, 1.54) is 38.5 Å². The molecule has 136 valence electrons. The van der Waals surface area contributed by atoms with Crippen molar-refractivity contribution in [2.24, 2.45) is 0 Å². The number of carbonyl (C=O) groups excluding carboxylic acids is 1. The number of esters is 1. The van der Waals surface area contributed by atoms with Crippen molar-refractivity contribution >= 4 is 5.97 Å². The topological polar surface area (TPSA) is 50.4 Å². The van der Waals surface area contributed by atoms with Gasteiger partial charge in [-0.25, -0.2) is 0 Å². The highest BCUT2D eigenvalue weighted by Crippen LogP contribution is 2.15. The molecule has 0 aromatic carbocycles. The van der Waals surface area contributed by atoms with Crippen LogP contribution in [0.5, 0.6) is 0 Å². The van der Waals surface area contributed by atoms with Crippen LogP contribution >= 0.6 is 0 Å². The van der Waals surface area contributed by atoms with Gasteiger partial charge in [0.15, 0.2) is 0 Å². The van der Waals surface area contributed by atoms with Gasteiger partial charge in [-0.3, -0.25) is 4.79 Å². The van der Waals surface area contributed by atoms with E-state index < -0.39 is 5.60 Å². The molecule has 1 heterocycles. The van der Waals surface area contributed by atoms with Crippen molar-refractivity contribution in [3.8, 4) is 0 Å². The summed E-state index contributed by atoms with van der Waals surface area (Å²) < 4.78 is 5.62. The number of hydrogen-bond acceptors (Lipinski definition) is 4. The second-order valence-electron chi connectivity index (χ2n) is 7.85. The molecule has 2 N–H and O–H groups in total. The molecule has 4 heteroatoms. The molecule has 0 bridgehead atoms. The van der Waals surface area contributed by atoms with Crippen molar-refractivity contribution in [2.75, 3.05) is 13.1 Å². The normalized spacial score (nSPS) is 20.3. The summed E-state index contributed by atoms with van der Waals surface area (Å²) in [5, 5.41) is 6.95. The summed E-state index contributed by atoms with van der Waals surface area (Å²) in [4.78, 5) is 12.5. The van der Waals surface area contributed by atoms with Gasteiger partial charge >= 0.3 is 5.97 Å². The lowest BCUT2D eigenvalue weighted by Crippen LogP contribution is -2.51. The quantitative estimate of drug-likeness (QED) is 0.474. The maximum atomic E-state index is 12.5. The van der Waals surface area contributed by atoms with E-state index in [1.807, 2.05) is 20.8 Å². The average molecular weight is 327 g/mol. The van der Waals surface area contributed by atoms with Crippen LogP contribution in [0.1, 0.15) is 85.5 Å². The van der Waals surface area contributed by atoms with Gasteiger partial charge in [0.25, 0.3) is 0 Å². The lowest BCUT2D eigenvalue weighted by Gasteiger charge is -2.30. The van der Waals surface area contributed by atoms with E-state index in [4.69, 9.17) is 4.74 Å². The van der Waals surface area contributed by atoms with Gasteiger partial charge in [-0.15, -0.1) is 0 Å². The molecule has 23 heavy (non-hydrogen) atoms. The first-order valence-electron chi connectivity index (χ1n) is 9.62. The summed E-state index contributed by atoms with van der Waals surface area (Å²) in [5.41, 5.74) is -0.414. The minimum atomic E-state index is -0.414. The van der Waals surface area contributed by atoms with E-state index >= 15 is 0 Å². The monoisotopic (exact) mass is 326 g/mol. The first-order valence-corrected chi connectivity index (χ1v) is 9.62. The fourth-order valence-electron chi connectivity index (χ4n) is 3.05. The Kier molecular flexibility index (Phi) is 9.80. The second-order valence-corrected chi connectivity index (χ2v) is 7.85. The van der Waals surface area contributed by atoms with Crippen LogP contribution in [0.3, 0.4) is 0 Å². The summed E-state index contributed by atoms with van der Waals surface area (Å²) in [6, 6.07) is 0.228. The van der Waals surface area contributed by atoms with Crippen molar-refractivity contribution in [1.82, 2.24) is 10.6 Å². The Morgan fingerprint density at radius 3 is 2.52 bits per heavy atom. The van der Waals surface area contributed by atoms with E-state index in [9.17, 15) is 4.79 Å². The summed E-state index contributed by atoms with van der Waals surface area (Å²) in [6.45, 7) is 10.1. The Labute approximate surface area is 143 Å². The smallest absolute Gasteiger partial charge is 0.323 e. The number of piperidine rings is 1. The molecule has 0 saturated carbocycles. The van der Waals surface area contributed by atoms with Crippen molar-refractivity contribution in [2.45, 2.75) is 103 Å². The molecule has 1 aliphatic heterocycles. The maximum absolute atomic E-state index is 12.5. The standard InChI is InChI=1S/C19H38N2O2/c1-5-6-7-8-9-10-13-17(18(22)23-19(2,3)4)21-16-12-11-14-20-15-16/h16-17,20-21H,5-15H2,1-4H3/t16?,17-/m1/s1. The third-order valence-electron chi connectivity index (χ3n) is 4.27. The Balaban J connectivity index is 2.41. The number of hydrogen-bond donors (Lipinski definition) is 2. The number of rotatable bonds is 10. The Morgan fingerprint density at radius 1 is 1.22 bits per heavy atom. The van der Waals surface area contributed by atoms with E-state index in [0.717, 1.165) is 32.4 Å². The first-order chi connectivity index (χ1) is 10.9.